The zero-order valence-electron chi connectivity index (χ0n) is 29.3. The Morgan fingerprint density at radius 3 is 2.12 bits per heavy atom. The summed E-state index contributed by atoms with van der Waals surface area (Å²) in [7, 11) is 0. The van der Waals surface area contributed by atoms with Crippen molar-refractivity contribution in [1.29, 1.82) is 0 Å². The number of likely N-dealkylation sites (tertiary alicyclic amines) is 1. The van der Waals surface area contributed by atoms with Crippen LogP contribution >= 0.6 is 0 Å². The molecule has 0 bridgehead atoms. The van der Waals surface area contributed by atoms with Crippen molar-refractivity contribution in [2.75, 3.05) is 26.3 Å². The van der Waals surface area contributed by atoms with E-state index in [1.165, 1.54) is 0 Å². The number of piperidine rings is 1. The summed E-state index contributed by atoms with van der Waals surface area (Å²) >= 11 is 0. The summed E-state index contributed by atoms with van der Waals surface area (Å²) in [5.41, 5.74) is 3.84. The number of amides is 1. The zero-order valence-corrected chi connectivity index (χ0v) is 29.3. The maximum Gasteiger partial charge on any atom is 0.410 e. The second kappa shape index (κ2) is 16.7. The fourth-order valence-electron chi connectivity index (χ4n) is 6.23. The molecule has 0 radical (unpaired) electrons. The number of hydrogen-bond acceptors (Lipinski definition) is 6. The molecule has 50 heavy (non-hydrogen) atoms. The predicted molar refractivity (Wildman–Crippen MR) is 196 cm³/mol. The number of hydrogen-bond donors (Lipinski definition) is 0. The van der Waals surface area contributed by atoms with Crippen LogP contribution in [-0.4, -0.2) is 49.0 Å². The molecule has 1 heterocycles. The first-order valence-corrected chi connectivity index (χ1v) is 17.4. The van der Waals surface area contributed by atoms with Crippen LogP contribution in [0.5, 0.6) is 11.5 Å². The van der Waals surface area contributed by atoms with Gasteiger partial charge in [-0.3, -0.25) is 0 Å². The Bertz CT molecular complexity index is 1800. The van der Waals surface area contributed by atoms with Gasteiger partial charge in [0.25, 0.3) is 0 Å². The van der Waals surface area contributed by atoms with Crippen molar-refractivity contribution in [2.45, 2.75) is 64.6 Å². The maximum atomic E-state index is 13.1. The Hall–Kier alpha value is -4.85. The molecule has 1 amide bonds. The highest BCUT2D eigenvalue weighted by Gasteiger charge is 2.35. The van der Waals surface area contributed by atoms with Crippen molar-refractivity contribution in [3.05, 3.63) is 144 Å². The third-order valence-corrected chi connectivity index (χ3v) is 8.71. The first-order valence-electron chi connectivity index (χ1n) is 17.4. The van der Waals surface area contributed by atoms with E-state index < -0.39 is 5.60 Å². The number of benzene rings is 5. The summed E-state index contributed by atoms with van der Waals surface area (Å²) in [5.74, 6) is 1.70. The van der Waals surface area contributed by atoms with Crippen molar-refractivity contribution in [3.8, 4) is 11.5 Å². The second-order valence-corrected chi connectivity index (χ2v) is 13.7. The molecule has 0 saturated carbocycles. The largest absolute Gasteiger partial charge is 0.491 e. The summed E-state index contributed by atoms with van der Waals surface area (Å²) in [5, 5.41) is 2.15. The van der Waals surface area contributed by atoms with E-state index in [0.29, 0.717) is 46.1 Å². The van der Waals surface area contributed by atoms with Crippen LogP contribution in [-0.2, 0) is 34.0 Å². The van der Waals surface area contributed by atoms with Crippen molar-refractivity contribution >= 4 is 16.9 Å². The van der Waals surface area contributed by atoms with Gasteiger partial charge in [0.2, 0.25) is 0 Å². The molecule has 7 heteroatoms. The highest BCUT2D eigenvalue weighted by molar-refractivity contribution is 5.89. The van der Waals surface area contributed by atoms with E-state index in [4.69, 9.17) is 23.7 Å². The molecule has 5 aromatic carbocycles. The lowest BCUT2D eigenvalue weighted by Crippen LogP contribution is -2.48. The molecule has 260 valence electrons. The van der Waals surface area contributed by atoms with E-state index in [0.717, 1.165) is 50.9 Å². The monoisotopic (exact) mass is 673 g/mol. The predicted octanol–water partition coefficient (Wildman–Crippen LogP) is 9.32. The average molecular weight is 674 g/mol. The Morgan fingerprint density at radius 1 is 0.720 bits per heavy atom. The van der Waals surface area contributed by atoms with E-state index in [1.807, 2.05) is 81.4 Å². The molecule has 0 spiro atoms. The molecule has 0 aliphatic carbocycles. The molecule has 1 aliphatic heterocycles. The van der Waals surface area contributed by atoms with Gasteiger partial charge in [0.15, 0.2) is 0 Å². The van der Waals surface area contributed by atoms with Crippen molar-refractivity contribution < 1.29 is 28.5 Å². The Morgan fingerprint density at radius 2 is 1.40 bits per heavy atom. The van der Waals surface area contributed by atoms with Crippen LogP contribution < -0.4 is 9.47 Å². The minimum atomic E-state index is -0.575. The van der Waals surface area contributed by atoms with E-state index in [-0.39, 0.29) is 18.1 Å². The highest BCUT2D eigenvalue weighted by atomic mass is 16.6. The fourth-order valence-corrected chi connectivity index (χ4v) is 6.23. The Balaban J connectivity index is 1.13. The number of nitrogens with zero attached hydrogens (tertiary/aromatic N) is 1. The van der Waals surface area contributed by atoms with Gasteiger partial charge in [0.05, 0.1) is 32.5 Å². The number of carbonyl (C=O) groups excluding carboxylic acids is 1. The lowest BCUT2D eigenvalue weighted by molar-refractivity contribution is -0.0359. The lowest BCUT2D eigenvalue weighted by atomic mass is 9.87. The van der Waals surface area contributed by atoms with Gasteiger partial charge in [0, 0.05) is 17.8 Å². The molecule has 1 aliphatic rings. The summed E-state index contributed by atoms with van der Waals surface area (Å²) in [6, 6.07) is 41.0. The number of ether oxygens (including phenoxy) is 5. The molecule has 2 unspecified atom stereocenters. The van der Waals surface area contributed by atoms with E-state index in [9.17, 15) is 4.79 Å². The third-order valence-electron chi connectivity index (χ3n) is 8.71. The fraction of sp³-hybridized carbons (Fsp3) is 0.326. The molecule has 7 nitrogen and oxygen atoms in total. The van der Waals surface area contributed by atoms with E-state index >= 15 is 0 Å². The molecular weight excluding hydrogens is 626 g/mol. The molecule has 6 rings (SSSR count). The van der Waals surface area contributed by atoms with Gasteiger partial charge in [-0.1, -0.05) is 97.1 Å². The van der Waals surface area contributed by atoms with Crippen LogP contribution in [0.1, 0.15) is 55.4 Å². The molecular formula is C43H47NO6. The van der Waals surface area contributed by atoms with Gasteiger partial charge in [-0.15, -0.1) is 0 Å². The first kappa shape index (κ1) is 35.0. The van der Waals surface area contributed by atoms with Crippen LogP contribution in [0, 0.1) is 0 Å². The minimum Gasteiger partial charge on any atom is -0.491 e. The molecule has 2 atom stereocenters. The minimum absolute atomic E-state index is 0.0891. The number of fused-ring (bicyclic) bond motifs is 1. The Labute approximate surface area is 295 Å². The number of rotatable bonds is 13. The van der Waals surface area contributed by atoms with Crippen molar-refractivity contribution in [1.82, 2.24) is 4.90 Å². The molecule has 0 N–H and O–H groups in total. The summed E-state index contributed by atoms with van der Waals surface area (Å²) in [6.07, 6.45) is 0.195. The van der Waals surface area contributed by atoms with Gasteiger partial charge in [-0.05, 0) is 79.1 Å². The summed E-state index contributed by atoms with van der Waals surface area (Å²) in [4.78, 5) is 14.9. The summed E-state index contributed by atoms with van der Waals surface area (Å²) in [6.45, 7) is 9.08. The Kier molecular flexibility index (Phi) is 11.7. The number of carbonyl (C=O) groups is 1. The lowest BCUT2D eigenvalue weighted by Gasteiger charge is -2.39. The van der Waals surface area contributed by atoms with Gasteiger partial charge >= 0.3 is 6.09 Å². The average Bonchev–Trinajstić information content (AvgIpc) is 3.13. The van der Waals surface area contributed by atoms with E-state index in [2.05, 4.69) is 60.7 Å². The first-order chi connectivity index (χ1) is 24.3. The highest BCUT2D eigenvalue weighted by Crippen LogP contribution is 2.34. The molecule has 0 aromatic heterocycles. The van der Waals surface area contributed by atoms with Crippen LogP contribution in [0.2, 0.25) is 0 Å². The van der Waals surface area contributed by atoms with Gasteiger partial charge < -0.3 is 28.6 Å². The smallest absolute Gasteiger partial charge is 0.410 e. The quantitative estimate of drug-likeness (QED) is 0.116. The van der Waals surface area contributed by atoms with Crippen molar-refractivity contribution in [2.24, 2.45) is 0 Å². The third kappa shape index (κ3) is 9.87. The second-order valence-electron chi connectivity index (χ2n) is 13.7. The van der Waals surface area contributed by atoms with E-state index in [1.54, 1.807) is 4.90 Å². The van der Waals surface area contributed by atoms with Crippen LogP contribution in [0.15, 0.2) is 121 Å². The molecule has 5 aromatic rings. The maximum absolute atomic E-state index is 13.1. The summed E-state index contributed by atoms with van der Waals surface area (Å²) < 4.78 is 30.6. The normalized spacial score (nSPS) is 16.3. The van der Waals surface area contributed by atoms with Gasteiger partial charge in [-0.25, -0.2) is 4.79 Å². The topological polar surface area (TPSA) is 66.5 Å². The van der Waals surface area contributed by atoms with Crippen LogP contribution in [0.25, 0.3) is 10.8 Å². The molecule has 1 fully saturated rings. The SMILES string of the molecule is CC(C)(C)OC(=O)N1CCC(c2ccc(OCCOCc3ccccc3)cc2)C(OCc2cc(OCc3ccccc3)c3ccccc3c2)C1. The van der Waals surface area contributed by atoms with Gasteiger partial charge in [-0.2, -0.15) is 0 Å². The van der Waals surface area contributed by atoms with Crippen molar-refractivity contribution in [3.63, 3.8) is 0 Å². The van der Waals surface area contributed by atoms with Crippen LogP contribution in [0.3, 0.4) is 0 Å². The molecule has 1 saturated heterocycles. The zero-order chi connectivity index (χ0) is 34.8. The standard InChI is InChI=1S/C43H47NO6/c1-43(2,3)50-42(45)44-23-22-39(35-18-20-37(21-19-35)47-25-24-46-29-32-12-6-4-7-13-32)41(28-44)49-31-34-26-36-16-10-11-17-38(36)40(27-34)48-30-33-14-8-5-9-15-33/h4-21,26-27,39,41H,22-25,28-31H2,1-3H3. The van der Waals surface area contributed by atoms with Crippen LogP contribution in [0.4, 0.5) is 4.79 Å². The van der Waals surface area contributed by atoms with Gasteiger partial charge in [0.1, 0.15) is 30.3 Å².